The molecule has 0 radical (unpaired) electrons. The molecule has 0 aliphatic carbocycles. The second kappa shape index (κ2) is 9.29. The van der Waals surface area contributed by atoms with Crippen LogP contribution in [0.5, 0.6) is 5.75 Å². The largest absolute Gasteiger partial charge is 0.491 e. The average molecular weight is 401 g/mol. The van der Waals surface area contributed by atoms with Gasteiger partial charge in [-0.25, -0.2) is 0 Å². The molecule has 5 heteroatoms. The van der Waals surface area contributed by atoms with Crippen molar-refractivity contribution in [2.45, 2.75) is 6.04 Å². The first-order chi connectivity index (χ1) is 14.7. The minimum absolute atomic E-state index is 0.207. The summed E-state index contributed by atoms with van der Waals surface area (Å²) in [4.78, 5) is 13.1. The number of carbonyl (C=O) groups is 1. The minimum atomic E-state index is -0.413. The summed E-state index contributed by atoms with van der Waals surface area (Å²) in [5.74, 6) is 1.10. The fourth-order valence-corrected chi connectivity index (χ4v) is 3.29. The molecule has 1 N–H and O–H groups in total. The summed E-state index contributed by atoms with van der Waals surface area (Å²) in [6.07, 6.45) is 0. The van der Waals surface area contributed by atoms with Gasteiger partial charge in [-0.05, 0) is 35.9 Å². The van der Waals surface area contributed by atoms with E-state index in [-0.39, 0.29) is 5.91 Å². The number of para-hydroxylation sites is 1. The highest BCUT2D eigenvalue weighted by Crippen LogP contribution is 2.28. The molecule has 4 rings (SSSR count). The van der Waals surface area contributed by atoms with Crippen LogP contribution in [0.1, 0.15) is 27.7 Å². The van der Waals surface area contributed by atoms with E-state index in [1.807, 2.05) is 66.7 Å². The van der Waals surface area contributed by atoms with Gasteiger partial charge in [-0.2, -0.15) is 0 Å². The minimum Gasteiger partial charge on any atom is -0.491 e. The maximum absolute atomic E-state index is 13.1. The molecule has 3 aromatic carbocycles. The number of hydrogen-bond acceptors (Lipinski definition) is 4. The number of benzene rings is 3. The molecule has 5 nitrogen and oxygen atoms in total. The monoisotopic (exact) mass is 401 g/mol. The Balaban J connectivity index is 1.61. The smallest absolute Gasteiger partial charge is 0.252 e. The number of furan rings is 1. The van der Waals surface area contributed by atoms with Crippen molar-refractivity contribution in [1.82, 2.24) is 5.32 Å². The lowest BCUT2D eigenvalue weighted by molar-refractivity contribution is 0.0938. The fraction of sp³-hybridized carbons (Fsp3) is 0.160. The van der Waals surface area contributed by atoms with Crippen LogP contribution in [-0.4, -0.2) is 26.2 Å². The molecule has 0 aliphatic rings. The highest BCUT2D eigenvalue weighted by Gasteiger charge is 2.21. The Hall–Kier alpha value is -3.57. The van der Waals surface area contributed by atoms with Gasteiger partial charge in [0.15, 0.2) is 0 Å². The van der Waals surface area contributed by atoms with E-state index in [0.29, 0.717) is 30.3 Å². The number of ether oxygens (including phenoxy) is 2. The van der Waals surface area contributed by atoms with Gasteiger partial charge in [-0.15, -0.1) is 0 Å². The molecule has 30 heavy (non-hydrogen) atoms. The number of methoxy groups -OCH3 is 1. The van der Waals surface area contributed by atoms with Gasteiger partial charge in [0.05, 0.1) is 6.61 Å². The van der Waals surface area contributed by atoms with Crippen LogP contribution < -0.4 is 10.1 Å². The third-order valence-corrected chi connectivity index (χ3v) is 4.79. The van der Waals surface area contributed by atoms with Gasteiger partial charge in [-0.1, -0.05) is 54.6 Å². The van der Waals surface area contributed by atoms with Crippen LogP contribution in [0.4, 0.5) is 0 Å². The van der Waals surface area contributed by atoms with Crippen LogP contribution >= 0.6 is 0 Å². The number of fused-ring (bicyclic) bond motifs is 1. The average Bonchev–Trinajstić information content (AvgIpc) is 3.22. The third kappa shape index (κ3) is 4.53. The van der Waals surface area contributed by atoms with Gasteiger partial charge >= 0.3 is 0 Å². The zero-order chi connectivity index (χ0) is 20.8. The van der Waals surface area contributed by atoms with Crippen LogP contribution in [0.2, 0.25) is 0 Å². The normalized spacial score (nSPS) is 11.9. The molecule has 0 fully saturated rings. The number of amides is 1. The van der Waals surface area contributed by atoms with E-state index in [0.717, 1.165) is 16.5 Å². The fourth-order valence-electron chi connectivity index (χ4n) is 3.29. The molecule has 152 valence electrons. The van der Waals surface area contributed by atoms with Crippen molar-refractivity contribution in [2.24, 2.45) is 0 Å². The molecule has 1 aromatic heterocycles. The molecule has 0 saturated carbocycles. The van der Waals surface area contributed by atoms with Crippen LogP contribution in [0, 0.1) is 0 Å². The van der Waals surface area contributed by atoms with Crippen LogP contribution in [-0.2, 0) is 4.74 Å². The lowest BCUT2D eigenvalue weighted by Crippen LogP contribution is -2.29. The van der Waals surface area contributed by atoms with Gasteiger partial charge in [0.2, 0.25) is 0 Å². The van der Waals surface area contributed by atoms with Crippen LogP contribution in [0.3, 0.4) is 0 Å². The molecule has 0 spiro atoms. The van der Waals surface area contributed by atoms with Crippen molar-refractivity contribution in [1.29, 1.82) is 0 Å². The van der Waals surface area contributed by atoms with E-state index in [1.54, 1.807) is 25.3 Å². The molecule has 4 aromatic rings. The molecular formula is C25H23NO4. The van der Waals surface area contributed by atoms with E-state index in [1.165, 1.54) is 0 Å². The summed E-state index contributed by atoms with van der Waals surface area (Å²) < 4.78 is 16.7. The summed E-state index contributed by atoms with van der Waals surface area (Å²) in [5, 5.41) is 4.10. The first kappa shape index (κ1) is 19.7. The molecule has 1 atom stereocenters. The van der Waals surface area contributed by atoms with Crippen LogP contribution in [0.15, 0.2) is 89.3 Å². The molecule has 1 unspecified atom stereocenters. The van der Waals surface area contributed by atoms with Crippen molar-refractivity contribution < 1.29 is 18.7 Å². The van der Waals surface area contributed by atoms with E-state index in [4.69, 9.17) is 13.9 Å². The zero-order valence-corrected chi connectivity index (χ0v) is 16.7. The number of nitrogens with one attached hydrogen (secondary N) is 1. The molecule has 1 heterocycles. The first-order valence-electron chi connectivity index (χ1n) is 9.80. The number of carbonyl (C=O) groups excluding carboxylic acids is 1. The van der Waals surface area contributed by atoms with Gasteiger partial charge < -0.3 is 19.2 Å². The standard InChI is InChI=1S/C25H23NO4/c1-28-14-15-29-21-12-7-11-20(16-21)25(27)26-24(18-8-3-2-4-9-18)23-17-19-10-5-6-13-22(19)30-23/h2-13,16-17,24H,14-15H2,1H3,(H,26,27). The summed E-state index contributed by atoms with van der Waals surface area (Å²) >= 11 is 0. The lowest BCUT2D eigenvalue weighted by atomic mass is 10.0. The van der Waals surface area contributed by atoms with E-state index >= 15 is 0 Å². The molecule has 1 amide bonds. The Bertz CT molecular complexity index is 1090. The zero-order valence-electron chi connectivity index (χ0n) is 16.7. The first-order valence-corrected chi connectivity index (χ1v) is 9.80. The van der Waals surface area contributed by atoms with Gasteiger partial charge in [-0.3, -0.25) is 4.79 Å². The Kier molecular flexibility index (Phi) is 6.11. The van der Waals surface area contributed by atoms with Crippen molar-refractivity contribution in [3.8, 4) is 5.75 Å². The predicted molar refractivity (Wildman–Crippen MR) is 116 cm³/mol. The second-order valence-electron chi connectivity index (χ2n) is 6.87. The molecular weight excluding hydrogens is 378 g/mol. The Morgan fingerprint density at radius 3 is 2.53 bits per heavy atom. The quantitative estimate of drug-likeness (QED) is 0.423. The maximum atomic E-state index is 13.1. The summed E-state index contributed by atoms with van der Waals surface area (Å²) in [5.41, 5.74) is 2.25. The number of rotatable bonds is 8. The highest BCUT2D eigenvalue weighted by atomic mass is 16.5. The third-order valence-electron chi connectivity index (χ3n) is 4.79. The van der Waals surface area contributed by atoms with E-state index in [9.17, 15) is 4.79 Å². The second-order valence-corrected chi connectivity index (χ2v) is 6.87. The summed E-state index contributed by atoms with van der Waals surface area (Å²) in [7, 11) is 1.62. The van der Waals surface area contributed by atoms with Gasteiger partial charge in [0.25, 0.3) is 5.91 Å². The maximum Gasteiger partial charge on any atom is 0.252 e. The molecule has 0 aliphatic heterocycles. The molecule has 0 saturated heterocycles. The van der Waals surface area contributed by atoms with Crippen molar-refractivity contribution in [2.75, 3.05) is 20.3 Å². The van der Waals surface area contributed by atoms with Gasteiger partial charge in [0.1, 0.15) is 29.7 Å². The Morgan fingerprint density at radius 2 is 1.73 bits per heavy atom. The predicted octanol–water partition coefficient (Wildman–Crippen LogP) is 4.98. The van der Waals surface area contributed by atoms with Gasteiger partial charge in [0, 0.05) is 18.1 Å². The topological polar surface area (TPSA) is 60.7 Å². The van der Waals surface area contributed by atoms with Crippen molar-refractivity contribution >= 4 is 16.9 Å². The Labute approximate surface area is 175 Å². The highest BCUT2D eigenvalue weighted by molar-refractivity contribution is 5.95. The number of hydrogen-bond donors (Lipinski definition) is 1. The summed E-state index contributed by atoms with van der Waals surface area (Å²) in [6.45, 7) is 0.908. The summed E-state index contributed by atoms with van der Waals surface area (Å²) in [6, 6.07) is 26.3. The van der Waals surface area contributed by atoms with Crippen LogP contribution in [0.25, 0.3) is 11.0 Å². The SMILES string of the molecule is COCCOc1cccc(C(=O)NC(c2ccccc2)c2cc3ccccc3o2)c1. The van der Waals surface area contributed by atoms with Crippen molar-refractivity contribution in [3.63, 3.8) is 0 Å². The lowest BCUT2D eigenvalue weighted by Gasteiger charge is -2.17. The molecule has 0 bridgehead atoms. The van der Waals surface area contributed by atoms with E-state index < -0.39 is 6.04 Å². The van der Waals surface area contributed by atoms with Crippen molar-refractivity contribution in [3.05, 3.63) is 102 Å². The Morgan fingerprint density at radius 1 is 0.933 bits per heavy atom. The van der Waals surface area contributed by atoms with E-state index in [2.05, 4.69) is 5.32 Å².